The number of carbonyl (C=O) groups excluding carboxylic acids is 1. The molecule has 0 saturated carbocycles. The SMILES string of the molecule is CC(C)CCCC(C)Nc1c(Nc2cccc(C(=O)N(C)C)c2[O-])c(=O)c1=O. The standard InChI is InChI=1S/C21H29N3O4/c1-12(2)8-6-9-13(3)22-16-17(20(27)19(16)26)23-15-11-7-10-14(18(15)25)21(28)24(4)5/h7,10-13,22-23,25H,6,8-9H2,1-5H3/p-1. The monoisotopic (exact) mass is 386 g/mol. The van der Waals surface area contributed by atoms with E-state index < -0.39 is 22.5 Å². The summed E-state index contributed by atoms with van der Waals surface area (Å²) in [4.78, 5) is 37.4. The molecule has 1 unspecified atom stereocenters. The molecule has 2 aromatic carbocycles. The Balaban J connectivity index is 2.17. The number of hydrogen-bond donors (Lipinski definition) is 2. The number of benzene rings is 1. The van der Waals surface area contributed by atoms with E-state index in [-0.39, 0.29) is 28.7 Å². The largest absolute Gasteiger partial charge is 0.871 e. The average Bonchev–Trinajstić information content (AvgIpc) is 2.64. The lowest BCUT2D eigenvalue weighted by Crippen LogP contribution is -2.38. The summed E-state index contributed by atoms with van der Waals surface area (Å²) in [5.41, 5.74) is -0.884. The van der Waals surface area contributed by atoms with E-state index in [0.29, 0.717) is 5.92 Å². The van der Waals surface area contributed by atoms with Crippen LogP contribution in [0.5, 0.6) is 5.75 Å². The lowest BCUT2D eigenvalue weighted by Gasteiger charge is -2.24. The smallest absolute Gasteiger partial charge is 0.253 e. The van der Waals surface area contributed by atoms with Gasteiger partial charge >= 0.3 is 0 Å². The maximum absolute atomic E-state index is 12.6. The molecule has 1 atom stereocenters. The van der Waals surface area contributed by atoms with Gasteiger partial charge in [-0.3, -0.25) is 14.4 Å². The Kier molecular flexibility index (Phi) is 6.83. The minimum atomic E-state index is -0.666. The van der Waals surface area contributed by atoms with Crippen molar-refractivity contribution in [2.24, 2.45) is 5.92 Å². The van der Waals surface area contributed by atoms with Crippen LogP contribution in [0.1, 0.15) is 50.4 Å². The van der Waals surface area contributed by atoms with Crippen LogP contribution in [-0.4, -0.2) is 30.9 Å². The number of rotatable bonds is 9. The van der Waals surface area contributed by atoms with Crippen molar-refractivity contribution >= 4 is 23.0 Å². The lowest BCUT2D eigenvalue weighted by atomic mass is 10.0. The fraction of sp³-hybridized carbons (Fsp3) is 0.476. The van der Waals surface area contributed by atoms with E-state index in [1.54, 1.807) is 20.2 Å². The number of anilines is 3. The first-order valence-electron chi connectivity index (χ1n) is 9.52. The van der Waals surface area contributed by atoms with Gasteiger partial charge < -0.3 is 20.6 Å². The topological polar surface area (TPSA) is 102 Å². The number of hydrogen-bond acceptors (Lipinski definition) is 6. The summed E-state index contributed by atoms with van der Waals surface area (Å²) in [6.45, 7) is 6.27. The molecule has 0 aliphatic heterocycles. The van der Waals surface area contributed by atoms with E-state index in [2.05, 4.69) is 24.5 Å². The second kappa shape index (κ2) is 8.91. The number of nitrogens with one attached hydrogen (secondary N) is 2. The predicted molar refractivity (Wildman–Crippen MR) is 110 cm³/mol. The minimum absolute atomic E-state index is 0.00487. The highest BCUT2D eigenvalue weighted by Gasteiger charge is 2.23. The van der Waals surface area contributed by atoms with Gasteiger partial charge in [-0.15, -0.1) is 0 Å². The molecule has 152 valence electrons. The summed E-state index contributed by atoms with van der Waals surface area (Å²) >= 11 is 0. The van der Waals surface area contributed by atoms with Crippen LogP contribution >= 0.6 is 0 Å². The number of carbonyl (C=O) groups is 1. The zero-order chi connectivity index (χ0) is 21.0. The van der Waals surface area contributed by atoms with E-state index in [9.17, 15) is 19.5 Å². The van der Waals surface area contributed by atoms with Crippen molar-refractivity contribution in [2.75, 3.05) is 24.7 Å². The van der Waals surface area contributed by atoms with E-state index in [0.717, 1.165) is 19.3 Å². The van der Waals surface area contributed by atoms with E-state index >= 15 is 0 Å². The van der Waals surface area contributed by atoms with Gasteiger partial charge in [0.25, 0.3) is 16.8 Å². The van der Waals surface area contributed by atoms with Gasteiger partial charge in [0.1, 0.15) is 11.4 Å². The number of para-hydroxylation sites is 1. The van der Waals surface area contributed by atoms with Crippen molar-refractivity contribution in [3.63, 3.8) is 0 Å². The van der Waals surface area contributed by atoms with Crippen LogP contribution in [0.3, 0.4) is 0 Å². The minimum Gasteiger partial charge on any atom is -0.871 e. The summed E-state index contributed by atoms with van der Waals surface area (Å²) < 4.78 is 0. The number of amides is 1. The first-order valence-corrected chi connectivity index (χ1v) is 9.52. The Morgan fingerprint density at radius 3 is 2.32 bits per heavy atom. The highest BCUT2D eigenvalue weighted by Crippen LogP contribution is 2.30. The normalized spacial score (nSPS) is 12.2. The molecule has 2 rings (SSSR count). The first kappa shape index (κ1) is 21.5. The quantitative estimate of drug-likeness (QED) is 0.642. The third-order valence-electron chi connectivity index (χ3n) is 4.63. The molecular weight excluding hydrogens is 358 g/mol. The molecular formula is C21H28N3O4-. The van der Waals surface area contributed by atoms with Crippen LogP contribution in [0.25, 0.3) is 0 Å². The fourth-order valence-corrected chi connectivity index (χ4v) is 2.98. The molecule has 1 amide bonds. The molecule has 7 heteroatoms. The summed E-state index contributed by atoms with van der Waals surface area (Å²) in [7, 11) is 3.11. The highest BCUT2D eigenvalue weighted by atomic mass is 16.3. The molecule has 28 heavy (non-hydrogen) atoms. The van der Waals surface area contributed by atoms with Gasteiger partial charge in [-0.1, -0.05) is 38.5 Å². The molecule has 0 saturated heterocycles. The molecule has 0 radical (unpaired) electrons. The Hall–Kier alpha value is -2.83. The van der Waals surface area contributed by atoms with Gasteiger partial charge in [-0.05, 0) is 31.4 Å². The molecule has 7 nitrogen and oxygen atoms in total. The number of nitrogens with zero attached hydrogens (tertiary/aromatic N) is 1. The zero-order valence-corrected chi connectivity index (χ0v) is 17.1. The van der Waals surface area contributed by atoms with E-state index in [1.165, 1.54) is 17.0 Å². The van der Waals surface area contributed by atoms with Gasteiger partial charge in [0.2, 0.25) is 0 Å². The highest BCUT2D eigenvalue weighted by molar-refractivity contribution is 5.98. The molecule has 0 aromatic heterocycles. The van der Waals surface area contributed by atoms with Gasteiger partial charge in [-0.25, -0.2) is 0 Å². The maximum atomic E-state index is 12.6. The van der Waals surface area contributed by atoms with Crippen molar-refractivity contribution in [3.8, 4) is 5.75 Å². The molecule has 0 aliphatic rings. The van der Waals surface area contributed by atoms with Crippen LogP contribution < -0.4 is 26.6 Å². The molecule has 0 heterocycles. The fourth-order valence-electron chi connectivity index (χ4n) is 2.98. The van der Waals surface area contributed by atoms with Gasteiger partial charge in [0.15, 0.2) is 0 Å². The van der Waals surface area contributed by atoms with E-state index in [4.69, 9.17) is 0 Å². The van der Waals surface area contributed by atoms with Crippen molar-refractivity contribution < 1.29 is 9.90 Å². The summed E-state index contributed by atoms with van der Waals surface area (Å²) in [5, 5.41) is 18.4. The summed E-state index contributed by atoms with van der Waals surface area (Å²) in [6.07, 6.45) is 2.98. The van der Waals surface area contributed by atoms with Gasteiger partial charge in [0, 0.05) is 31.4 Å². The molecule has 2 N–H and O–H groups in total. The summed E-state index contributed by atoms with van der Waals surface area (Å²) in [6, 6.07) is 4.51. The molecule has 0 spiro atoms. The van der Waals surface area contributed by atoms with Crippen molar-refractivity contribution in [1.82, 2.24) is 4.90 Å². The maximum Gasteiger partial charge on any atom is 0.253 e. The Labute approximate surface area is 165 Å². The van der Waals surface area contributed by atoms with E-state index in [1.807, 2.05) is 6.92 Å². The second-order valence-corrected chi connectivity index (χ2v) is 7.79. The third-order valence-corrected chi connectivity index (χ3v) is 4.63. The average molecular weight is 386 g/mol. The Bertz CT molecular complexity index is 911. The van der Waals surface area contributed by atoms with Crippen molar-refractivity contribution in [2.45, 2.75) is 46.1 Å². The van der Waals surface area contributed by atoms with Crippen LogP contribution in [0, 0.1) is 5.92 Å². The van der Waals surface area contributed by atoms with Gasteiger partial charge in [0.05, 0.1) is 0 Å². The molecule has 2 aromatic rings. The summed E-state index contributed by atoms with van der Waals surface area (Å²) in [5.74, 6) is -0.316. The van der Waals surface area contributed by atoms with Crippen molar-refractivity contribution in [3.05, 3.63) is 44.2 Å². The molecule has 0 bridgehead atoms. The zero-order valence-electron chi connectivity index (χ0n) is 17.1. The molecule has 0 aliphatic carbocycles. The third kappa shape index (κ3) is 4.71. The second-order valence-electron chi connectivity index (χ2n) is 7.79. The first-order chi connectivity index (χ1) is 13.1. The van der Waals surface area contributed by atoms with Crippen LogP contribution in [-0.2, 0) is 0 Å². The Morgan fingerprint density at radius 1 is 1.07 bits per heavy atom. The lowest BCUT2D eigenvalue weighted by molar-refractivity contribution is -0.267. The van der Waals surface area contributed by atoms with Gasteiger partial charge in [-0.2, -0.15) is 0 Å². The van der Waals surface area contributed by atoms with Crippen molar-refractivity contribution in [1.29, 1.82) is 0 Å². The van der Waals surface area contributed by atoms with Crippen LogP contribution in [0.4, 0.5) is 17.1 Å². The predicted octanol–water partition coefficient (Wildman–Crippen LogP) is 2.43. The van der Waals surface area contributed by atoms with Crippen LogP contribution in [0.15, 0.2) is 27.8 Å². The molecule has 0 fully saturated rings. The Morgan fingerprint density at radius 2 is 1.71 bits per heavy atom. The van der Waals surface area contributed by atoms with Crippen LogP contribution in [0.2, 0.25) is 0 Å².